The summed E-state index contributed by atoms with van der Waals surface area (Å²) >= 11 is 0. The minimum absolute atomic E-state index is 0.173. The van der Waals surface area contributed by atoms with E-state index in [0.717, 1.165) is 43.3 Å². The van der Waals surface area contributed by atoms with Crippen LogP contribution >= 0.6 is 0 Å². The number of rotatable bonds is 5. The fourth-order valence-electron chi connectivity index (χ4n) is 3.32. The first-order valence-corrected chi connectivity index (χ1v) is 9.37. The number of piperazine rings is 1. The quantitative estimate of drug-likeness (QED) is 0.735. The van der Waals surface area contributed by atoms with Crippen LogP contribution in [0.15, 0.2) is 54.7 Å². The third-order valence-electron chi connectivity index (χ3n) is 4.86. The molecule has 144 valence electrons. The molecular weight excluding hydrogens is 357 g/mol. The molecule has 1 aromatic carbocycles. The average molecular weight is 379 g/mol. The van der Waals surface area contributed by atoms with Crippen molar-refractivity contribution in [2.24, 2.45) is 0 Å². The highest BCUT2D eigenvalue weighted by Crippen LogP contribution is 2.26. The summed E-state index contributed by atoms with van der Waals surface area (Å²) in [6, 6.07) is 13.9. The van der Waals surface area contributed by atoms with Crippen LogP contribution in [-0.2, 0) is 0 Å². The van der Waals surface area contributed by atoms with Crippen molar-refractivity contribution >= 4 is 5.82 Å². The van der Waals surface area contributed by atoms with Gasteiger partial charge >= 0.3 is 0 Å². The van der Waals surface area contributed by atoms with E-state index in [4.69, 9.17) is 10.1 Å². The van der Waals surface area contributed by atoms with Gasteiger partial charge in [-0.05, 0) is 36.4 Å². The zero-order chi connectivity index (χ0) is 19.3. The summed E-state index contributed by atoms with van der Waals surface area (Å²) < 4.78 is 13.3. The Labute approximate surface area is 163 Å². The molecule has 3 aromatic rings. The van der Waals surface area contributed by atoms with E-state index in [9.17, 15) is 4.39 Å². The number of aliphatic hydroxyl groups excluding tert-OH is 1. The summed E-state index contributed by atoms with van der Waals surface area (Å²) in [6.45, 7) is 4.25. The Balaban J connectivity index is 1.69. The number of benzene rings is 1. The van der Waals surface area contributed by atoms with Crippen LogP contribution in [0.1, 0.15) is 0 Å². The van der Waals surface area contributed by atoms with Crippen molar-refractivity contribution in [1.29, 1.82) is 0 Å². The molecule has 1 aliphatic rings. The second-order valence-corrected chi connectivity index (χ2v) is 6.71. The first-order chi connectivity index (χ1) is 13.7. The van der Waals surface area contributed by atoms with Crippen LogP contribution in [0.2, 0.25) is 0 Å². The zero-order valence-electron chi connectivity index (χ0n) is 15.5. The second kappa shape index (κ2) is 8.41. The van der Waals surface area contributed by atoms with Gasteiger partial charge in [-0.25, -0.2) is 14.4 Å². The summed E-state index contributed by atoms with van der Waals surface area (Å²) in [6.07, 6.45) is 1.72. The Bertz CT molecular complexity index is 912. The Morgan fingerprint density at radius 3 is 2.39 bits per heavy atom. The van der Waals surface area contributed by atoms with Crippen LogP contribution < -0.4 is 4.90 Å². The van der Waals surface area contributed by atoms with Gasteiger partial charge < -0.3 is 10.0 Å². The van der Waals surface area contributed by atoms with Crippen LogP contribution in [0.3, 0.4) is 0 Å². The Hall–Kier alpha value is -2.90. The molecule has 2 aromatic heterocycles. The molecule has 0 spiro atoms. The SMILES string of the molecule is OCCN1CCN(c2cc(-c3ccc(F)cc3)nc(-c3ccccn3)n2)CC1. The van der Waals surface area contributed by atoms with Gasteiger partial charge in [-0.3, -0.25) is 9.88 Å². The summed E-state index contributed by atoms with van der Waals surface area (Å²) in [5.41, 5.74) is 2.27. The molecule has 4 rings (SSSR count). The number of aromatic nitrogens is 3. The van der Waals surface area contributed by atoms with Crippen LogP contribution in [-0.4, -0.2) is 64.3 Å². The molecule has 1 N–H and O–H groups in total. The van der Waals surface area contributed by atoms with Crippen molar-refractivity contribution in [2.75, 3.05) is 44.2 Å². The van der Waals surface area contributed by atoms with Gasteiger partial charge in [-0.2, -0.15) is 0 Å². The van der Waals surface area contributed by atoms with Crippen molar-refractivity contribution < 1.29 is 9.50 Å². The standard InChI is InChI=1S/C21H22FN5O/c22-17-6-4-16(5-7-17)19-15-20(27-11-9-26(10-12-27)13-14-28)25-21(24-19)18-3-1-2-8-23-18/h1-8,15,28H,9-14H2. The molecule has 28 heavy (non-hydrogen) atoms. The molecular formula is C21H22FN5O. The lowest BCUT2D eigenvalue weighted by molar-refractivity contribution is 0.188. The molecule has 0 atom stereocenters. The minimum Gasteiger partial charge on any atom is -0.395 e. The average Bonchev–Trinajstić information content (AvgIpc) is 2.75. The van der Waals surface area contributed by atoms with Crippen LogP contribution in [0.5, 0.6) is 0 Å². The van der Waals surface area contributed by atoms with Gasteiger partial charge in [-0.15, -0.1) is 0 Å². The van der Waals surface area contributed by atoms with Gasteiger partial charge in [0, 0.05) is 50.6 Å². The smallest absolute Gasteiger partial charge is 0.180 e. The molecule has 0 amide bonds. The van der Waals surface area contributed by atoms with Gasteiger partial charge in [0.2, 0.25) is 0 Å². The van der Waals surface area contributed by atoms with Crippen molar-refractivity contribution in [2.45, 2.75) is 0 Å². The van der Waals surface area contributed by atoms with Crippen LogP contribution in [0, 0.1) is 5.82 Å². The molecule has 1 aliphatic heterocycles. The van der Waals surface area contributed by atoms with Crippen molar-refractivity contribution in [1.82, 2.24) is 19.9 Å². The molecule has 6 nitrogen and oxygen atoms in total. The molecule has 0 bridgehead atoms. The van der Waals surface area contributed by atoms with E-state index in [2.05, 4.69) is 19.8 Å². The molecule has 0 radical (unpaired) electrons. The van der Waals surface area contributed by atoms with Gasteiger partial charge in [0.05, 0.1) is 12.3 Å². The maximum atomic E-state index is 13.3. The number of pyridine rings is 1. The lowest BCUT2D eigenvalue weighted by atomic mass is 10.1. The lowest BCUT2D eigenvalue weighted by Crippen LogP contribution is -2.47. The Morgan fingerprint density at radius 1 is 0.929 bits per heavy atom. The van der Waals surface area contributed by atoms with Gasteiger partial charge in [0.15, 0.2) is 5.82 Å². The summed E-state index contributed by atoms with van der Waals surface area (Å²) in [5, 5.41) is 9.14. The second-order valence-electron chi connectivity index (χ2n) is 6.71. The topological polar surface area (TPSA) is 65.4 Å². The van der Waals surface area contributed by atoms with Crippen molar-refractivity contribution in [3.8, 4) is 22.8 Å². The maximum absolute atomic E-state index is 13.3. The highest BCUT2D eigenvalue weighted by atomic mass is 19.1. The van der Waals surface area contributed by atoms with E-state index < -0.39 is 0 Å². The van der Waals surface area contributed by atoms with Crippen LogP contribution in [0.25, 0.3) is 22.8 Å². The molecule has 0 saturated carbocycles. The molecule has 1 fully saturated rings. The number of aliphatic hydroxyl groups is 1. The maximum Gasteiger partial charge on any atom is 0.180 e. The number of nitrogens with zero attached hydrogens (tertiary/aromatic N) is 5. The highest BCUT2D eigenvalue weighted by molar-refractivity contribution is 5.66. The number of β-amino-alcohol motifs (C(OH)–C–C–N with tert-alkyl or cyclic N) is 1. The Morgan fingerprint density at radius 2 is 1.71 bits per heavy atom. The molecule has 1 saturated heterocycles. The lowest BCUT2D eigenvalue weighted by Gasteiger charge is -2.35. The van der Waals surface area contributed by atoms with Crippen molar-refractivity contribution in [3.05, 3.63) is 60.5 Å². The number of hydrogen-bond donors (Lipinski definition) is 1. The molecule has 7 heteroatoms. The number of halogens is 1. The monoisotopic (exact) mass is 379 g/mol. The first kappa shape index (κ1) is 18.5. The highest BCUT2D eigenvalue weighted by Gasteiger charge is 2.20. The van der Waals surface area contributed by atoms with Gasteiger partial charge in [0.1, 0.15) is 17.3 Å². The van der Waals surface area contributed by atoms with Gasteiger partial charge in [-0.1, -0.05) is 6.07 Å². The van der Waals surface area contributed by atoms with E-state index in [-0.39, 0.29) is 12.4 Å². The van der Waals surface area contributed by atoms with Gasteiger partial charge in [0.25, 0.3) is 0 Å². The van der Waals surface area contributed by atoms with E-state index in [0.29, 0.717) is 18.1 Å². The van der Waals surface area contributed by atoms with E-state index in [1.807, 2.05) is 24.3 Å². The predicted molar refractivity (Wildman–Crippen MR) is 106 cm³/mol. The summed E-state index contributed by atoms with van der Waals surface area (Å²) in [5.74, 6) is 1.11. The summed E-state index contributed by atoms with van der Waals surface area (Å²) in [4.78, 5) is 18.3. The predicted octanol–water partition coefficient (Wildman–Crippen LogP) is 2.46. The molecule has 0 unspecified atom stereocenters. The zero-order valence-corrected chi connectivity index (χ0v) is 15.5. The third kappa shape index (κ3) is 4.16. The minimum atomic E-state index is -0.275. The first-order valence-electron chi connectivity index (χ1n) is 9.37. The van der Waals surface area contributed by atoms with E-state index in [1.54, 1.807) is 18.3 Å². The Kier molecular flexibility index (Phi) is 5.55. The van der Waals surface area contributed by atoms with E-state index >= 15 is 0 Å². The van der Waals surface area contributed by atoms with Crippen molar-refractivity contribution in [3.63, 3.8) is 0 Å². The van der Waals surface area contributed by atoms with E-state index in [1.165, 1.54) is 12.1 Å². The fraction of sp³-hybridized carbons (Fsp3) is 0.286. The summed E-state index contributed by atoms with van der Waals surface area (Å²) in [7, 11) is 0. The normalized spacial score (nSPS) is 15.0. The largest absolute Gasteiger partial charge is 0.395 e. The molecule has 3 heterocycles. The van der Waals surface area contributed by atoms with Crippen LogP contribution in [0.4, 0.5) is 10.2 Å². The molecule has 0 aliphatic carbocycles. The number of anilines is 1. The number of hydrogen-bond acceptors (Lipinski definition) is 6. The fourth-order valence-corrected chi connectivity index (χ4v) is 3.32. The third-order valence-corrected chi connectivity index (χ3v) is 4.86.